The molecule has 1 amide bonds. The minimum atomic E-state index is -4.88. The number of nitrogens with two attached hydrogens (primary N) is 1. The molecular weight excluding hydrogens is 514 g/mol. The highest BCUT2D eigenvalue weighted by Gasteiger charge is 2.37. The van der Waals surface area contributed by atoms with Gasteiger partial charge in [-0.3, -0.25) is 4.79 Å². The lowest BCUT2D eigenvalue weighted by Gasteiger charge is -2.36. The summed E-state index contributed by atoms with van der Waals surface area (Å²) in [6.45, 7) is 3.16. The maximum absolute atomic E-state index is 13.9. The number of aromatic nitrogens is 2. The second kappa shape index (κ2) is 11.2. The summed E-state index contributed by atoms with van der Waals surface area (Å²) >= 11 is 0. The number of ether oxygens (including phenoxy) is 1. The van der Waals surface area contributed by atoms with Crippen LogP contribution < -0.4 is 10.5 Å². The molecule has 2 aliphatic rings. The van der Waals surface area contributed by atoms with E-state index in [9.17, 15) is 22.4 Å². The molecule has 0 atom stereocenters. The minimum absolute atomic E-state index is 0.0237. The van der Waals surface area contributed by atoms with Crippen LogP contribution in [0, 0.1) is 5.82 Å². The molecule has 2 saturated heterocycles. The second-order valence-corrected chi connectivity index (χ2v) is 9.85. The molecule has 7 nitrogen and oxygen atoms in total. The monoisotopic (exact) mass is 543 g/mol. The highest BCUT2D eigenvalue weighted by atomic mass is 19.4. The molecule has 206 valence electrons. The Labute approximate surface area is 223 Å². The van der Waals surface area contributed by atoms with E-state index < -0.39 is 24.2 Å². The molecule has 0 aliphatic carbocycles. The molecule has 5 rings (SSSR count). The Bertz CT molecular complexity index is 1320. The number of likely N-dealkylation sites (tertiary alicyclic amines) is 2. The van der Waals surface area contributed by atoms with Gasteiger partial charge in [-0.2, -0.15) is 13.2 Å². The average Bonchev–Trinajstić information content (AvgIpc) is 3.47. The van der Waals surface area contributed by atoms with Crippen LogP contribution in [0.25, 0.3) is 11.3 Å². The third-order valence-electron chi connectivity index (χ3n) is 7.35. The summed E-state index contributed by atoms with van der Waals surface area (Å²) in [6.07, 6.45) is 0.992. The topological polar surface area (TPSA) is 84.6 Å². The first-order chi connectivity index (χ1) is 18.7. The standard InChI is InChI=1S/C28H29F4N5O2/c29-22-5-3-4-20(24(22)28(30,31)32)17-39-26-25(33)34-16-23(35-26)18-6-8-19(9-7-18)27(38)37-14-10-21(11-15-37)36-12-1-2-13-36/h3-9,16,21H,1-2,10-15,17H2,(H2,33,34). The number of nitrogen functional groups attached to an aromatic ring is 1. The SMILES string of the molecule is Nc1ncc(-c2ccc(C(=O)N3CCC(N4CCCC4)CC3)cc2)nc1OCc1cccc(F)c1C(F)(F)F. The van der Waals surface area contributed by atoms with Crippen LogP contribution in [0.4, 0.5) is 23.4 Å². The van der Waals surface area contributed by atoms with Crippen molar-refractivity contribution in [1.29, 1.82) is 0 Å². The van der Waals surface area contributed by atoms with Crippen LogP contribution in [-0.4, -0.2) is 57.9 Å². The van der Waals surface area contributed by atoms with Gasteiger partial charge >= 0.3 is 6.18 Å². The first kappa shape index (κ1) is 26.9. The van der Waals surface area contributed by atoms with E-state index in [2.05, 4.69) is 14.9 Å². The summed E-state index contributed by atoms with van der Waals surface area (Å²) in [7, 11) is 0. The third-order valence-corrected chi connectivity index (χ3v) is 7.35. The smallest absolute Gasteiger partial charge is 0.419 e. The van der Waals surface area contributed by atoms with Crippen LogP contribution in [0.1, 0.15) is 47.2 Å². The number of piperidine rings is 1. The number of halogens is 4. The number of nitrogens with zero attached hydrogens (tertiary/aromatic N) is 4. The fourth-order valence-electron chi connectivity index (χ4n) is 5.29. The number of carbonyl (C=O) groups excluding carboxylic acids is 1. The summed E-state index contributed by atoms with van der Waals surface area (Å²) in [5, 5.41) is 0. The van der Waals surface area contributed by atoms with Crippen molar-refractivity contribution in [2.45, 2.75) is 44.5 Å². The molecule has 3 aromatic rings. The van der Waals surface area contributed by atoms with E-state index in [1.165, 1.54) is 25.1 Å². The number of anilines is 1. The Morgan fingerprint density at radius 3 is 2.38 bits per heavy atom. The molecule has 0 bridgehead atoms. The molecule has 2 fully saturated rings. The van der Waals surface area contributed by atoms with Crippen LogP contribution in [0.5, 0.6) is 5.88 Å². The van der Waals surface area contributed by atoms with E-state index in [0.29, 0.717) is 22.9 Å². The number of amides is 1. The Hall–Kier alpha value is -3.73. The van der Waals surface area contributed by atoms with Crippen LogP contribution >= 0.6 is 0 Å². The molecule has 0 saturated carbocycles. The zero-order chi connectivity index (χ0) is 27.6. The minimum Gasteiger partial charge on any atom is -0.470 e. The number of hydrogen-bond donors (Lipinski definition) is 1. The van der Waals surface area contributed by atoms with Crippen LogP contribution in [-0.2, 0) is 12.8 Å². The van der Waals surface area contributed by atoms with Gasteiger partial charge in [-0.25, -0.2) is 14.4 Å². The quantitative estimate of drug-likeness (QED) is 0.433. The summed E-state index contributed by atoms with van der Waals surface area (Å²) < 4.78 is 59.2. The number of benzene rings is 2. The predicted molar refractivity (Wildman–Crippen MR) is 137 cm³/mol. The number of alkyl halides is 3. The van der Waals surface area contributed by atoms with E-state index in [-0.39, 0.29) is 23.2 Å². The van der Waals surface area contributed by atoms with E-state index in [1.54, 1.807) is 24.3 Å². The Morgan fingerprint density at radius 1 is 1.03 bits per heavy atom. The summed E-state index contributed by atoms with van der Waals surface area (Å²) in [4.78, 5) is 25.8. The van der Waals surface area contributed by atoms with Crippen molar-refractivity contribution >= 4 is 11.7 Å². The largest absolute Gasteiger partial charge is 0.470 e. The maximum Gasteiger partial charge on any atom is 0.419 e. The van der Waals surface area contributed by atoms with E-state index in [0.717, 1.165) is 51.2 Å². The molecule has 39 heavy (non-hydrogen) atoms. The summed E-state index contributed by atoms with van der Waals surface area (Å²) in [5.74, 6) is -1.70. The average molecular weight is 544 g/mol. The number of rotatable bonds is 6. The molecule has 0 unspecified atom stereocenters. The van der Waals surface area contributed by atoms with Crippen LogP contribution in [0.3, 0.4) is 0 Å². The van der Waals surface area contributed by atoms with Gasteiger partial charge in [-0.1, -0.05) is 24.3 Å². The fourth-order valence-corrected chi connectivity index (χ4v) is 5.29. The summed E-state index contributed by atoms with van der Waals surface area (Å²) in [6, 6.07) is 10.5. The van der Waals surface area contributed by atoms with E-state index in [4.69, 9.17) is 10.5 Å². The molecule has 2 aromatic carbocycles. The molecule has 2 aliphatic heterocycles. The van der Waals surface area contributed by atoms with Gasteiger partial charge in [0.1, 0.15) is 12.4 Å². The molecule has 11 heteroatoms. The predicted octanol–water partition coefficient (Wildman–Crippen LogP) is 5.16. The Morgan fingerprint density at radius 2 is 1.72 bits per heavy atom. The van der Waals surface area contributed by atoms with Crippen LogP contribution in [0.2, 0.25) is 0 Å². The van der Waals surface area contributed by atoms with Crippen molar-refractivity contribution in [2.24, 2.45) is 0 Å². The lowest BCUT2D eigenvalue weighted by atomic mass is 10.0. The summed E-state index contributed by atoms with van der Waals surface area (Å²) in [5.41, 5.74) is 5.59. The van der Waals surface area contributed by atoms with Crippen molar-refractivity contribution in [2.75, 3.05) is 31.9 Å². The van der Waals surface area contributed by atoms with E-state index in [1.807, 2.05) is 4.90 Å². The normalized spacial score (nSPS) is 17.0. The van der Waals surface area contributed by atoms with Gasteiger partial charge in [-0.05, 0) is 57.0 Å². The maximum atomic E-state index is 13.9. The first-order valence-electron chi connectivity index (χ1n) is 12.9. The second-order valence-electron chi connectivity index (χ2n) is 9.85. The van der Waals surface area contributed by atoms with Crippen molar-refractivity contribution in [1.82, 2.24) is 19.8 Å². The van der Waals surface area contributed by atoms with Gasteiger partial charge in [0.05, 0.1) is 17.5 Å². The van der Waals surface area contributed by atoms with Gasteiger partial charge in [-0.15, -0.1) is 0 Å². The molecule has 1 aromatic heterocycles. The van der Waals surface area contributed by atoms with Gasteiger partial charge in [0.15, 0.2) is 5.82 Å². The van der Waals surface area contributed by atoms with Gasteiger partial charge in [0, 0.05) is 35.8 Å². The molecular formula is C28H29F4N5O2. The van der Waals surface area contributed by atoms with E-state index >= 15 is 0 Å². The highest BCUT2D eigenvalue weighted by Crippen LogP contribution is 2.35. The highest BCUT2D eigenvalue weighted by molar-refractivity contribution is 5.94. The number of carbonyl (C=O) groups is 1. The van der Waals surface area contributed by atoms with Crippen molar-refractivity contribution < 1.29 is 27.1 Å². The molecule has 0 spiro atoms. The molecule has 2 N–H and O–H groups in total. The zero-order valence-corrected chi connectivity index (χ0v) is 21.3. The third kappa shape index (κ3) is 5.98. The first-order valence-corrected chi connectivity index (χ1v) is 12.9. The lowest BCUT2D eigenvalue weighted by molar-refractivity contribution is -0.141. The zero-order valence-electron chi connectivity index (χ0n) is 21.3. The number of hydrogen-bond acceptors (Lipinski definition) is 6. The van der Waals surface area contributed by atoms with Crippen LogP contribution in [0.15, 0.2) is 48.7 Å². The molecule has 3 heterocycles. The van der Waals surface area contributed by atoms with Gasteiger partial charge < -0.3 is 20.3 Å². The lowest BCUT2D eigenvalue weighted by Crippen LogP contribution is -2.45. The van der Waals surface area contributed by atoms with Crippen molar-refractivity contribution in [3.05, 3.63) is 71.2 Å². The molecule has 0 radical (unpaired) electrons. The fraction of sp³-hybridized carbons (Fsp3) is 0.393. The van der Waals surface area contributed by atoms with Gasteiger partial charge in [0.2, 0.25) is 0 Å². The van der Waals surface area contributed by atoms with Crippen molar-refractivity contribution in [3.63, 3.8) is 0 Å². The van der Waals surface area contributed by atoms with Crippen molar-refractivity contribution in [3.8, 4) is 17.1 Å². The Balaban J connectivity index is 1.25. The Kier molecular flexibility index (Phi) is 7.69. The van der Waals surface area contributed by atoms with Gasteiger partial charge in [0.25, 0.3) is 11.8 Å².